The predicted molar refractivity (Wildman–Crippen MR) is 102 cm³/mol. The van der Waals surface area contributed by atoms with E-state index in [0.717, 1.165) is 62.3 Å². The number of hydrogen-bond acceptors (Lipinski definition) is 4. The molecule has 6 nitrogen and oxygen atoms in total. The van der Waals surface area contributed by atoms with Crippen LogP contribution in [0.1, 0.15) is 36.8 Å². The number of likely N-dealkylation sites (tertiary alicyclic amines) is 1. The Kier molecular flexibility index (Phi) is 4.87. The van der Waals surface area contributed by atoms with E-state index in [-0.39, 0.29) is 18.1 Å². The molecule has 3 aliphatic rings. The number of rotatable bonds is 4. The van der Waals surface area contributed by atoms with Crippen molar-refractivity contribution in [1.29, 1.82) is 0 Å². The van der Waals surface area contributed by atoms with Crippen molar-refractivity contribution in [3.63, 3.8) is 0 Å². The van der Waals surface area contributed by atoms with Gasteiger partial charge in [-0.2, -0.15) is 0 Å². The van der Waals surface area contributed by atoms with Crippen LogP contribution in [0.15, 0.2) is 36.2 Å². The van der Waals surface area contributed by atoms with Gasteiger partial charge in [0.15, 0.2) is 0 Å². The molecule has 2 unspecified atom stereocenters. The maximum absolute atomic E-state index is 13.3. The van der Waals surface area contributed by atoms with Gasteiger partial charge < -0.3 is 21.3 Å². The number of carbonyl (C=O) groups is 1. The Morgan fingerprint density at radius 1 is 1.08 bits per heavy atom. The van der Waals surface area contributed by atoms with Crippen LogP contribution in [0.3, 0.4) is 0 Å². The third-order valence-corrected chi connectivity index (χ3v) is 5.84. The zero-order valence-corrected chi connectivity index (χ0v) is 15.3. The van der Waals surface area contributed by atoms with Crippen molar-refractivity contribution in [2.24, 2.45) is 11.5 Å². The Labute approximate surface area is 155 Å². The zero-order valence-electron chi connectivity index (χ0n) is 15.3. The van der Waals surface area contributed by atoms with Crippen molar-refractivity contribution >= 4 is 6.03 Å². The van der Waals surface area contributed by atoms with Gasteiger partial charge in [0, 0.05) is 32.2 Å². The molecule has 0 radical (unpaired) electrons. The maximum atomic E-state index is 13.3. The molecule has 0 spiro atoms. The summed E-state index contributed by atoms with van der Waals surface area (Å²) in [4.78, 5) is 19.5. The van der Waals surface area contributed by atoms with Crippen molar-refractivity contribution in [2.45, 2.75) is 50.9 Å². The molecule has 26 heavy (non-hydrogen) atoms. The average Bonchev–Trinajstić information content (AvgIpc) is 3.13. The van der Waals surface area contributed by atoms with Gasteiger partial charge in [0.25, 0.3) is 0 Å². The first-order valence-corrected chi connectivity index (χ1v) is 9.74. The van der Waals surface area contributed by atoms with Gasteiger partial charge in [-0.15, -0.1) is 0 Å². The Morgan fingerprint density at radius 2 is 1.85 bits per heavy atom. The molecule has 140 valence electrons. The minimum absolute atomic E-state index is 0.121. The van der Waals surface area contributed by atoms with Crippen LogP contribution in [-0.4, -0.2) is 52.4 Å². The number of urea groups is 1. The summed E-state index contributed by atoms with van der Waals surface area (Å²) in [7, 11) is 0. The van der Waals surface area contributed by atoms with Gasteiger partial charge in [0.2, 0.25) is 0 Å². The monoisotopic (exact) mass is 355 g/mol. The summed E-state index contributed by atoms with van der Waals surface area (Å²) in [6, 6.07) is 8.67. The molecule has 2 atom stereocenters. The number of carbonyl (C=O) groups excluding carboxylic acids is 1. The normalized spacial score (nSPS) is 26.2. The van der Waals surface area contributed by atoms with Crippen LogP contribution in [0, 0.1) is 0 Å². The molecule has 0 bridgehead atoms. The Morgan fingerprint density at radius 3 is 2.62 bits per heavy atom. The molecule has 2 amide bonds. The summed E-state index contributed by atoms with van der Waals surface area (Å²) >= 11 is 0. The second-order valence-electron chi connectivity index (χ2n) is 7.62. The summed E-state index contributed by atoms with van der Waals surface area (Å²) in [5.41, 5.74) is 14.3. The maximum Gasteiger partial charge on any atom is 0.326 e. The second kappa shape index (κ2) is 7.29. The van der Waals surface area contributed by atoms with Gasteiger partial charge in [-0.1, -0.05) is 24.3 Å². The number of fused-ring (bicyclic) bond motifs is 1. The van der Waals surface area contributed by atoms with Crippen LogP contribution >= 0.6 is 0 Å². The predicted octanol–water partition coefficient (Wildman–Crippen LogP) is 1.81. The van der Waals surface area contributed by atoms with Crippen molar-refractivity contribution in [3.05, 3.63) is 47.3 Å². The van der Waals surface area contributed by atoms with Crippen molar-refractivity contribution in [1.82, 2.24) is 14.7 Å². The number of nitrogens with zero attached hydrogens (tertiary/aromatic N) is 3. The van der Waals surface area contributed by atoms with Crippen LogP contribution < -0.4 is 11.5 Å². The van der Waals surface area contributed by atoms with E-state index in [1.807, 2.05) is 28.0 Å². The van der Waals surface area contributed by atoms with E-state index in [2.05, 4.69) is 17.0 Å². The van der Waals surface area contributed by atoms with Crippen LogP contribution in [-0.2, 0) is 13.1 Å². The third kappa shape index (κ3) is 3.19. The molecule has 3 aliphatic heterocycles. The van der Waals surface area contributed by atoms with Crippen molar-refractivity contribution in [3.8, 4) is 0 Å². The highest BCUT2D eigenvalue weighted by molar-refractivity contribution is 5.78. The number of piperidine rings is 1. The quantitative estimate of drug-likeness (QED) is 0.863. The molecular formula is C20H29N5O. The highest BCUT2D eigenvalue weighted by Crippen LogP contribution is 2.32. The van der Waals surface area contributed by atoms with Gasteiger partial charge in [-0.25, -0.2) is 4.79 Å². The summed E-state index contributed by atoms with van der Waals surface area (Å²) in [6.07, 6.45) is 6.56. The Balaban J connectivity index is 1.66. The number of benzene rings is 1. The summed E-state index contributed by atoms with van der Waals surface area (Å²) < 4.78 is 0. The van der Waals surface area contributed by atoms with Gasteiger partial charge in [0.1, 0.15) is 5.82 Å². The van der Waals surface area contributed by atoms with E-state index in [9.17, 15) is 4.79 Å². The molecular weight excluding hydrogens is 326 g/mol. The Hall–Kier alpha value is -2.05. The average molecular weight is 355 g/mol. The van der Waals surface area contributed by atoms with Crippen LogP contribution in [0.4, 0.5) is 4.79 Å². The molecule has 1 aromatic rings. The van der Waals surface area contributed by atoms with E-state index >= 15 is 0 Å². The molecule has 3 heterocycles. The van der Waals surface area contributed by atoms with Gasteiger partial charge in [-0.3, -0.25) is 4.90 Å². The zero-order chi connectivity index (χ0) is 18.1. The standard InChI is InChI=1S/C20H29N5O/c21-12-15-5-1-2-6-16(15)13-25-19(23-9-3-7-17(22)14-23)11-18-8-4-10-24(18)20(25)26/h1-2,5-6,11,17-18H,3-4,7-10,12-14,21-22H2. The molecule has 2 fully saturated rings. The fraction of sp³-hybridized carbons (Fsp3) is 0.550. The first-order chi connectivity index (χ1) is 12.7. The lowest BCUT2D eigenvalue weighted by molar-refractivity contribution is 0.120. The Bertz CT molecular complexity index is 703. The van der Waals surface area contributed by atoms with Gasteiger partial charge in [-0.05, 0) is 42.9 Å². The lowest BCUT2D eigenvalue weighted by Gasteiger charge is -2.44. The van der Waals surface area contributed by atoms with E-state index in [1.165, 1.54) is 0 Å². The van der Waals surface area contributed by atoms with Gasteiger partial charge in [0.05, 0.1) is 12.6 Å². The molecule has 6 heteroatoms. The van der Waals surface area contributed by atoms with E-state index in [4.69, 9.17) is 11.5 Å². The number of nitrogens with two attached hydrogens (primary N) is 2. The summed E-state index contributed by atoms with van der Waals surface area (Å²) in [5.74, 6) is 1.04. The molecule has 4 rings (SSSR count). The van der Waals surface area contributed by atoms with Gasteiger partial charge >= 0.3 is 6.03 Å². The summed E-state index contributed by atoms with van der Waals surface area (Å²) in [6.45, 7) is 3.68. The third-order valence-electron chi connectivity index (χ3n) is 5.84. The second-order valence-corrected chi connectivity index (χ2v) is 7.62. The smallest absolute Gasteiger partial charge is 0.326 e. The van der Waals surface area contributed by atoms with Crippen LogP contribution in [0.25, 0.3) is 0 Å². The number of hydrogen-bond donors (Lipinski definition) is 2. The van der Waals surface area contributed by atoms with Crippen LogP contribution in [0.5, 0.6) is 0 Å². The summed E-state index contributed by atoms with van der Waals surface area (Å²) in [5, 5.41) is 0. The van der Waals surface area contributed by atoms with E-state index in [1.54, 1.807) is 0 Å². The molecule has 2 saturated heterocycles. The largest absolute Gasteiger partial charge is 0.357 e. The fourth-order valence-electron chi connectivity index (χ4n) is 4.44. The SMILES string of the molecule is NCc1ccccc1CN1C(=O)N2CCCC2C=C1N1CCCC(N)C1. The molecule has 0 saturated carbocycles. The first kappa shape index (κ1) is 17.4. The van der Waals surface area contributed by atoms with Crippen LogP contribution in [0.2, 0.25) is 0 Å². The van der Waals surface area contributed by atoms with Crippen molar-refractivity contribution < 1.29 is 4.79 Å². The van der Waals surface area contributed by atoms with E-state index < -0.39 is 0 Å². The molecule has 0 aliphatic carbocycles. The molecule has 4 N–H and O–H groups in total. The lowest BCUT2D eigenvalue weighted by Crippen LogP contribution is -2.54. The van der Waals surface area contributed by atoms with Crippen molar-refractivity contribution in [2.75, 3.05) is 19.6 Å². The van der Waals surface area contributed by atoms with E-state index in [0.29, 0.717) is 13.1 Å². The molecule has 1 aromatic carbocycles. The first-order valence-electron chi connectivity index (χ1n) is 9.74. The highest BCUT2D eigenvalue weighted by Gasteiger charge is 2.39. The lowest BCUT2D eigenvalue weighted by atomic mass is 10.0. The molecule has 0 aromatic heterocycles. The minimum Gasteiger partial charge on any atom is -0.357 e. The fourth-order valence-corrected chi connectivity index (χ4v) is 4.44. The topological polar surface area (TPSA) is 78.8 Å². The number of amides is 2. The minimum atomic E-state index is 0.121. The highest BCUT2D eigenvalue weighted by atomic mass is 16.2.